The van der Waals surface area contributed by atoms with E-state index in [1.165, 1.54) is 39.6 Å². The van der Waals surface area contributed by atoms with E-state index in [1.807, 2.05) is 60.7 Å². The Hall–Kier alpha value is -4.68. The number of benzene rings is 2. The van der Waals surface area contributed by atoms with Crippen LogP contribution in [0.1, 0.15) is 75.6 Å². The number of Topliss-reactive ketones (excluding diaryl/α,β-unsaturated/α-hetero) is 1. The molecule has 0 unspecified atom stereocenters. The summed E-state index contributed by atoms with van der Waals surface area (Å²) in [6.45, 7) is 2.47. The molecule has 6 rings (SSSR count). The van der Waals surface area contributed by atoms with Gasteiger partial charge in [-0.1, -0.05) is 60.7 Å². The van der Waals surface area contributed by atoms with Crippen LogP contribution >= 0.6 is 0 Å². The zero-order valence-electron chi connectivity index (χ0n) is 27.2. The average molecular weight is 657 g/mol. The maximum atomic E-state index is 11.6. The number of aromatic nitrogens is 2. The first kappa shape index (κ1) is 34.6. The van der Waals surface area contributed by atoms with Crippen LogP contribution in [0.15, 0.2) is 85.2 Å². The van der Waals surface area contributed by atoms with Crippen LogP contribution in [0.2, 0.25) is 0 Å². The zero-order chi connectivity index (χ0) is 34.3. The highest BCUT2D eigenvalue weighted by Gasteiger charge is 2.48. The Labute approximate surface area is 279 Å². The van der Waals surface area contributed by atoms with Gasteiger partial charge in [0.25, 0.3) is 0 Å². The van der Waals surface area contributed by atoms with Crippen molar-refractivity contribution in [2.75, 3.05) is 14.2 Å². The molecule has 0 saturated heterocycles. The maximum Gasteiger partial charge on any atom is 0.337 e. The van der Waals surface area contributed by atoms with Crippen molar-refractivity contribution >= 4 is 11.8 Å². The summed E-state index contributed by atoms with van der Waals surface area (Å²) in [4.78, 5) is 30.8. The van der Waals surface area contributed by atoms with Crippen LogP contribution in [0.3, 0.4) is 0 Å². The predicted molar refractivity (Wildman–Crippen MR) is 175 cm³/mol. The Kier molecular flexibility index (Phi) is 10.9. The Balaban J connectivity index is 0.000000188. The summed E-state index contributed by atoms with van der Waals surface area (Å²) in [7, 11) is 2.95. The van der Waals surface area contributed by atoms with Crippen molar-refractivity contribution in [2.45, 2.75) is 69.2 Å². The van der Waals surface area contributed by atoms with Crippen LogP contribution in [0.25, 0.3) is 0 Å². The molecule has 0 aliphatic heterocycles. The van der Waals surface area contributed by atoms with Crippen molar-refractivity contribution in [1.82, 2.24) is 9.97 Å². The lowest BCUT2D eigenvalue weighted by molar-refractivity contribution is -0.150. The topological polar surface area (TPSA) is 158 Å². The molecule has 0 bridgehead atoms. The van der Waals surface area contributed by atoms with Gasteiger partial charge in [0.1, 0.15) is 0 Å². The van der Waals surface area contributed by atoms with Crippen molar-refractivity contribution in [3.63, 3.8) is 0 Å². The van der Waals surface area contributed by atoms with Gasteiger partial charge in [-0.25, -0.2) is 14.8 Å². The largest absolute Gasteiger partial charge is 0.481 e. The number of ketones is 1. The van der Waals surface area contributed by atoms with Gasteiger partial charge < -0.3 is 34.3 Å². The van der Waals surface area contributed by atoms with E-state index < -0.39 is 17.2 Å². The molecule has 48 heavy (non-hydrogen) atoms. The van der Waals surface area contributed by atoms with Crippen LogP contribution in [0.4, 0.5) is 0 Å². The number of carboxylic acids is 1. The second-order valence-electron chi connectivity index (χ2n) is 12.1. The number of carboxylic acid groups (broad SMARTS) is 1. The zero-order valence-corrected chi connectivity index (χ0v) is 27.2. The van der Waals surface area contributed by atoms with E-state index in [0.717, 1.165) is 11.1 Å². The molecule has 0 atom stereocenters. The van der Waals surface area contributed by atoms with Crippen LogP contribution < -0.4 is 9.47 Å². The lowest BCUT2D eigenvalue weighted by Gasteiger charge is -2.43. The summed E-state index contributed by atoms with van der Waals surface area (Å²) in [6, 6.07) is 22.8. The number of rotatable bonds is 12. The van der Waals surface area contributed by atoms with E-state index in [0.29, 0.717) is 61.5 Å². The van der Waals surface area contributed by atoms with Gasteiger partial charge in [0.2, 0.25) is 11.8 Å². The van der Waals surface area contributed by atoms with E-state index in [4.69, 9.17) is 24.1 Å². The minimum Gasteiger partial charge on any atom is -0.481 e. The Morgan fingerprint density at radius 2 is 1.10 bits per heavy atom. The molecule has 2 aliphatic rings. The lowest BCUT2D eigenvalue weighted by Crippen LogP contribution is -2.46. The molecule has 11 nitrogen and oxygen atoms in total. The second-order valence-corrected chi connectivity index (χ2v) is 12.1. The summed E-state index contributed by atoms with van der Waals surface area (Å²) in [6.07, 6.45) is 4.24. The third-order valence-corrected chi connectivity index (χ3v) is 8.66. The maximum absolute atomic E-state index is 11.6. The molecule has 2 saturated carbocycles. The first-order valence-corrected chi connectivity index (χ1v) is 15.6. The number of pyridine rings is 2. The van der Waals surface area contributed by atoms with Crippen molar-refractivity contribution < 1.29 is 43.9 Å². The highest BCUT2D eigenvalue weighted by Crippen LogP contribution is 2.47. The fraction of sp³-hybridized carbons (Fsp3) is 0.351. The predicted octanol–water partition coefficient (Wildman–Crippen LogP) is 5.21. The smallest absolute Gasteiger partial charge is 0.337 e. The number of carbonyl (C=O) groups is 2. The summed E-state index contributed by atoms with van der Waals surface area (Å²) in [5.41, 5.74) is 1.37. The third kappa shape index (κ3) is 8.06. The number of methoxy groups -OCH3 is 2. The van der Waals surface area contributed by atoms with Crippen molar-refractivity contribution in [2.24, 2.45) is 0 Å². The monoisotopic (exact) mass is 656 g/mol. The van der Waals surface area contributed by atoms with Gasteiger partial charge in [0.05, 0.1) is 56.4 Å². The fourth-order valence-corrected chi connectivity index (χ4v) is 5.85. The van der Waals surface area contributed by atoms with Crippen LogP contribution in [-0.2, 0) is 33.9 Å². The van der Waals surface area contributed by atoms with Crippen molar-refractivity contribution in [3.05, 3.63) is 119 Å². The normalized spacial score (nSPS) is 22.7. The Bertz CT molecular complexity index is 1580. The van der Waals surface area contributed by atoms with Gasteiger partial charge in [-0.3, -0.25) is 4.79 Å². The van der Waals surface area contributed by atoms with Gasteiger partial charge in [-0.2, -0.15) is 0 Å². The van der Waals surface area contributed by atoms with E-state index in [1.54, 1.807) is 6.07 Å². The minimum absolute atomic E-state index is 0.0212. The number of nitrogens with zero attached hydrogens (tertiary/aromatic N) is 2. The number of ether oxygens (including phenoxy) is 4. The fourth-order valence-electron chi connectivity index (χ4n) is 5.85. The number of carbonyl (C=O) groups excluding carboxylic acids is 1. The molecule has 0 amide bonds. The molecule has 3 N–H and O–H groups in total. The van der Waals surface area contributed by atoms with E-state index >= 15 is 0 Å². The lowest BCUT2D eigenvalue weighted by atomic mass is 9.72. The molecule has 2 heterocycles. The number of aliphatic hydroxyl groups is 2. The quantitative estimate of drug-likeness (QED) is 0.172. The molecule has 252 valence electrons. The van der Waals surface area contributed by atoms with Gasteiger partial charge in [-0.15, -0.1) is 0 Å². The van der Waals surface area contributed by atoms with E-state index in [9.17, 15) is 19.8 Å². The molecule has 2 fully saturated rings. The molecule has 0 spiro atoms. The molecular weight excluding hydrogens is 616 g/mol. The molecule has 2 aliphatic carbocycles. The molecule has 11 heteroatoms. The minimum atomic E-state index is -1.18. The summed E-state index contributed by atoms with van der Waals surface area (Å²) < 4.78 is 22.0. The van der Waals surface area contributed by atoms with Crippen LogP contribution in [0.5, 0.6) is 11.8 Å². The van der Waals surface area contributed by atoms with Gasteiger partial charge in [-0.05, 0) is 30.2 Å². The Morgan fingerprint density at radius 1 is 0.708 bits per heavy atom. The van der Waals surface area contributed by atoms with E-state index in [-0.39, 0.29) is 29.4 Å². The molecule has 2 aromatic carbocycles. The summed E-state index contributed by atoms with van der Waals surface area (Å²) in [5, 5.41) is 30.7. The van der Waals surface area contributed by atoms with Crippen molar-refractivity contribution in [1.29, 1.82) is 0 Å². The number of aromatic carboxylic acids is 1. The van der Waals surface area contributed by atoms with Gasteiger partial charge in [0.15, 0.2) is 5.78 Å². The van der Waals surface area contributed by atoms with Crippen molar-refractivity contribution in [3.8, 4) is 11.8 Å². The molecule has 0 radical (unpaired) electrons. The Morgan fingerprint density at radius 3 is 1.48 bits per heavy atom. The second kappa shape index (κ2) is 15.0. The first-order valence-electron chi connectivity index (χ1n) is 15.6. The van der Waals surface area contributed by atoms with Gasteiger partial charge in [0, 0.05) is 54.8 Å². The number of hydrogen-bond acceptors (Lipinski definition) is 10. The third-order valence-electron chi connectivity index (χ3n) is 8.66. The van der Waals surface area contributed by atoms with Crippen LogP contribution in [0, 0.1) is 0 Å². The SMILES string of the molecule is COc1ncc(C(=O)O)cc1C1(O)CC(OCc2ccccc2)C1.COc1ncc(C(C)=O)cc1C1(O)CC(OCc2ccccc2)C1. The highest BCUT2D eigenvalue weighted by atomic mass is 16.5. The summed E-state index contributed by atoms with van der Waals surface area (Å²) >= 11 is 0. The molecule has 2 aromatic heterocycles. The molecular formula is C37H40N2O9. The van der Waals surface area contributed by atoms with E-state index in [2.05, 4.69) is 9.97 Å². The standard InChI is InChI=1S/C19H21NO4.C18H19NO5/c1-13(21)15-8-17(18(23-2)20-11-15)19(22)9-16(10-19)24-12-14-6-4-3-5-7-14;1-23-16-15(7-13(10-19-16)17(20)21)18(22)8-14(9-18)24-11-12-5-3-2-4-6-12/h3-8,11,16,22H,9-10,12H2,1-2H3;2-7,10,14,22H,8-9,11H2,1H3,(H,20,21). The first-order chi connectivity index (χ1) is 23.0. The number of hydrogen-bond donors (Lipinski definition) is 3. The van der Waals surface area contributed by atoms with Gasteiger partial charge >= 0.3 is 5.97 Å². The highest BCUT2D eigenvalue weighted by molar-refractivity contribution is 5.94. The summed E-state index contributed by atoms with van der Waals surface area (Å²) in [5.74, 6) is -0.592. The van der Waals surface area contributed by atoms with Crippen LogP contribution in [-0.4, -0.2) is 63.5 Å². The average Bonchev–Trinajstić information content (AvgIpc) is 3.08. The molecule has 4 aromatic rings.